The fraction of sp³-hybridized carbons (Fsp3) is 1.00. The van der Waals surface area contributed by atoms with Gasteiger partial charge in [0.25, 0.3) is 0 Å². The molecule has 76 valence electrons. The number of hydrogen-bond donors (Lipinski definition) is 1. The molecule has 1 aliphatic carbocycles. The van der Waals surface area contributed by atoms with Crippen LogP contribution in [0.5, 0.6) is 0 Å². The van der Waals surface area contributed by atoms with Crippen LogP contribution in [0.2, 0.25) is 0 Å². The summed E-state index contributed by atoms with van der Waals surface area (Å²) in [6.45, 7) is 5.91. The molecule has 2 aliphatic rings. The van der Waals surface area contributed by atoms with Gasteiger partial charge in [-0.05, 0) is 44.2 Å². The smallest absolute Gasteiger partial charge is 0.0136 e. The summed E-state index contributed by atoms with van der Waals surface area (Å²) in [7, 11) is 0. The van der Waals surface area contributed by atoms with Crippen molar-refractivity contribution in [2.75, 3.05) is 19.6 Å². The molecule has 3 unspecified atom stereocenters. The largest absolute Gasteiger partial charge is 0.330 e. The molecule has 1 aliphatic heterocycles. The van der Waals surface area contributed by atoms with Crippen LogP contribution < -0.4 is 5.73 Å². The molecule has 1 saturated heterocycles. The summed E-state index contributed by atoms with van der Waals surface area (Å²) >= 11 is 0. The Morgan fingerprint density at radius 1 is 1.31 bits per heavy atom. The van der Waals surface area contributed by atoms with Crippen molar-refractivity contribution >= 4 is 0 Å². The standard InChI is InChI=1S/C11H22N2/c1-9-5-6-13(8-9)11-4-2-3-10(11)7-12/h9-11H,2-8,12H2,1H3. The lowest BCUT2D eigenvalue weighted by Gasteiger charge is -2.28. The summed E-state index contributed by atoms with van der Waals surface area (Å²) in [5, 5.41) is 0. The zero-order valence-electron chi connectivity index (χ0n) is 8.71. The minimum absolute atomic E-state index is 0.797. The van der Waals surface area contributed by atoms with E-state index >= 15 is 0 Å². The molecule has 0 bridgehead atoms. The fourth-order valence-corrected chi connectivity index (χ4v) is 3.04. The van der Waals surface area contributed by atoms with E-state index < -0.39 is 0 Å². The van der Waals surface area contributed by atoms with E-state index in [1.807, 2.05) is 0 Å². The Hall–Kier alpha value is -0.0800. The normalized spacial score (nSPS) is 41.5. The van der Waals surface area contributed by atoms with E-state index in [1.54, 1.807) is 0 Å². The molecular formula is C11H22N2. The van der Waals surface area contributed by atoms with Gasteiger partial charge in [-0.15, -0.1) is 0 Å². The van der Waals surface area contributed by atoms with Crippen molar-refractivity contribution in [1.82, 2.24) is 4.90 Å². The van der Waals surface area contributed by atoms with Gasteiger partial charge in [0.15, 0.2) is 0 Å². The lowest BCUT2D eigenvalue weighted by molar-refractivity contribution is 0.195. The lowest BCUT2D eigenvalue weighted by Crippen LogP contribution is -2.38. The topological polar surface area (TPSA) is 29.3 Å². The lowest BCUT2D eigenvalue weighted by atomic mass is 10.0. The van der Waals surface area contributed by atoms with Crippen LogP contribution in [0.4, 0.5) is 0 Å². The molecule has 0 aromatic rings. The Balaban J connectivity index is 1.92. The van der Waals surface area contributed by atoms with Crippen molar-refractivity contribution in [2.24, 2.45) is 17.6 Å². The first-order chi connectivity index (χ1) is 6.31. The van der Waals surface area contributed by atoms with Gasteiger partial charge in [0.2, 0.25) is 0 Å². The highest BCUT2D eigenvalue weighted by Gasteiger charge is 2.33. The zero-order chi connectivity index (χ0) is 9.26. The first kappa shape index (κ1) is 9.47. The highest BCUT2D eigenvalue weighted by molar-refractivity contribution is 4.89. The van der Waals surface area contributed by atoms with Gasteiger partial charge in [-0.3, -0.25) is 4.90 Å². The number of nitrogens with zero attached hydrogens (tertiary/aromatic N) is 1. The molecule has 2 N–H and O–H groups in total. The number of likely N-dealkylation sites (tertiary alicyclic amines) is 1. The number of nitrogens with two attached hydrogens (primary N) is 1. The average Bonchev–Trinajstić information content (AvgIpc) is 2.71. The monoisotopic (exact) mass is 182 g/mol. The number of rotatable bonds is 2. The molecule has 1 heterocycles. The molecule has 0 aromatic heterocycles. The molecule has 2 nitrogen and oxygen atoms in total. The molecule has 0 spiro atoms. The first-order valence-corrected chi connectivity index (χ1v) is 5.75. The van der Waals surface area contributed by atoms with Crippen molar-refractivity contribution in [3.05, 3.63) is 0 Å². The minimum Gasteiger partial charge on any atom is -0.330 e. The molecule has 2 heteroatoms. The van der Waals surface area contributed by atoms with Crippen LogP contribution in [0, 0.1) is 11.8 Å². The Kier molecular flexibility index (Phi) is 2.89. The van der Waals surface area contributed by atoms with Gasteiger partial charge >= 0.3 is 0 Å². The minimum atomic E-state index is 0.797. The Labute approximate surface area is 81.5 Å². The molecule has 1 saturated carbocycles. The van der Waals surface area contributed by atoms with Gasteiger partial charge in [-0.2, -0.15) is 0 Å². The maximum Gasteiger partial charge on any atom is 0.0136 e. The summed E-state index contributed by atoms with van der Waals surface area (Å²) in [4.78, 5) is 2.69. The van der Waals surface area contributed by atoms with Crippen molar-refractivity contribution in [3.8, 4) is 0 Å². The second-order valence-electron chi connectivity index (χ2n) is 4.88. The van der Waals surface area contributed by atoms with Gasteiger partial charge in [-0.25, -0.2) is 0 Å². The molecular weight excluding hydrogens is 160 g/mol. The van der Waals surface area contributed by atoms with E-state index in [1.165, 1.54) is 38.8 Å². The summed E-state index contributed by atoms with van der Waals surface area (Å²) in [5.74, 6) is 1.71. The second kappa shape index (κ2) is 3.97. The van der Waals surface area contributed by atoms with Crippen molar-refractivity contribution < 1.29 is 0 Å². The van der Waals surface area contributed by atoms with E-state index in [0.717, 1.165) is 24.4 Å². The third kappa shape index (κ3) is 1.89. The van der Waals surface area contributed by atoms with Crippen LogP contribution in [0.3, 0.4) is 0 Å². The van der Waals surface area contributed by atoms with Crippen molar-refractivity contribution in [2.45, 2.75) is 38.6 Å². The third-order valence-corrected chi connectivity index (χ3v) is 3.85. The van der Waals surface area contributed by atoms with Gasteiger partial charge in [0, 0.05) is 12.6 Å². The predicted octanol–water partition coefficient (Wildman–Crippen LogP) is 1.46. The molecule has 0 aromatic carbocycles. The molecule has 0 amide bonds. The molecule has 0 radical (unpaired) electrons. The van der Waals surface area contributed by atoms with Gasteiger partial charge in [0.1, 0.15) is 0 Å². The first-order valence-electron chi connectivity index (χ1n) is 5.75. The fourth-order valence-electron chi connectivity index (χ4n) is 3.04. The quantitative estimate of drug-likeness (QED) is 0.700. The van der Waals surface area contributed by atoms with Gasteiger partial charge in [0.05, 0.1) is 0 Å². The third-order valence-electron chi connectivity index (χ3n) is 3.85. The molecule has 3 atom stereocenters. The van der Waals surface area contributed by atoms with E-state index in [-0.39, 0.29) is 0 Å². The van der Waals surface area contributed by atoms with Crippen LogP contribution in [0.15, 0.2) is 0 Å². The summed E-state index contributed by atoms with van der Waals surface area (Å²) < 4.78 is 0. The molecule has 13 heavy (non-hydrogen) atoms. The van der Waals surface area contributed by atoms with E-state index in [9.17, 15) is 0 Å². The van der Waals surface area contributed by atoms with E-state index in [2.05, 4.69) is 11.8 Å². The summed E-state index contributed by atoms with van der Waals surface area (Å²) in [5.41, 5.74) is 5.80. The predicted molar refractivity (Wildman–Crippen MR) is 55.5 cm³/mol. The van der Waals surface area contributed by atoms with Gasteiger partial charge in [-0.1, -0.05) is 13.3 Å². The van der Waals surface area contributed by atoms with E-state index in [4.69, 9.17) is 5.73 Å². The Morgan fingerprint density at radius 3 is 2.77 bits per heavy atom. The summed E-state index contributed by atoms with van der Waals surface area (Å²) in [6.07, 6.45) is 5.56. The molecule has 2 fully saturated rings. The average molecular weight is 182 g/mol. The van der Waals surface area contributed by atoms with Crippen LogP contribution in [0.1, 0.15) is 32.6 Å². The highest BCUT2D eigenvalue weighted by atomic mass is 15.2. The van der Waals surface area contributed by atoms with Crippen LogP contribution in [-0.2, 0) is 0 Å². The maximum atomic E-state index is 5.80. The molecule has 2 rings (SSSR count). The van der Waals surface area contributed by atoms with Crippen LogP contribution >= 0.6 is 0 Å². The summed E-state index contributed by atoms with van der Waals surface area (Å²) in [6, 6.07) is 0.829. The van der Waals surface area contributed by atoms with E-state index in [0.29, 0.717) is 0 Å². The van der Waals surface area contributed by atoms with Crippen LogP contribution in [0.25, 0.3) is 0 Å². The Bertz CT molecular complexity index is 169. The van der Waals surface area contributed by atoms with Gasteiger partial charge < -0.3 is 5.73 Å². The highest BCUT2D eigenvalue weighted by Crippen LogP contribution is 2.32. The maximum absolute atomic E-state index is 5.80. The number of hydrogen-bond acceptors (Lipinski definition) is 2. The second-order valence-corrected chi connectivity index (χ2v) is 4.88. The zero-order valence-corrected chi connectivity index (χ0v) is 8.71. The van der Waals surface area contributed by atoms with Crippen molar-refractivity contribution in [1.29, 1.82) is 0 Å². The van der Waals surface area contributed by atoms with Crippen LogP contribution in [-0.4, -0.2) is 30.6 Å². The Morgan fingerprint density at radius 2 is 2.15 bits per heavy atom. The van der Waals surface area contributed by atoms with Crippen molar-refractivity contribution in [3.63, 3.8) is 0 Å². The SMILES string of the molecule is CC1CCN(C2CCCC2CN)C1.